The molecule has 2 aliphatic carbocycles. The van der Waals surface area contributed by atoms with Gasteiger partial charge in [0, 0.05) is 0 Å². The van der Waals surface area contributed by atoms with E-state index in [1.54, 1.807) is 62.8 Å². The maximum absolute atomic E-state index is 8.80. The fourth-order valence-corrected chi connectivity index (χ4v) is 1.84. The zero-order valence-corrected chi connectivity index (χ0v) is 19.2. The van der Waals surface area contributed by atoms with Crippen molar-refractivity contribution in [3.05, 3.63) is 97.1 Å². The average molecular weight is 470 g/mol. The zero-order valence-electron chi connectivity index (χ0n) is 16.7. The predicted octanol–water partition coefficient (Wildman–Crippen LogP) is 5.41. The normalized spacial score (nSPS) is 11.7. The van der Waals surface area contributed by atoms with Crippen molar-refractivity contribution in [1.82, 2.24) is 0 Å². The third-order valence-corrected chi connectivity index (χ3v) is 3.32. The molecule has 0 amide bonds. The van der Waals surface area contributed by atoms with E-state index in [4.69, 9.17) is 19.7 Å². The SMILES string of the molecule is COc1ccc(O)cc1.COc1ccc(O)cc1.[C-]1=CC=CC1.[C-]1=CC=CC1.[Zr+2]. The first-order chi connectivity index (χ1) is 13.7. The predicted molar refractivity (Wildman–Crippen MR) is 112 cm³/mol. The van der Waals surface area contributed by atoms with Gasteiger partial charge >= 0.3 is 26.2 Å². The first-order valence-electron chi connectivity index (χ1n) is 8.75. The van der Waals surface area contributed by atoms with Crippen LogP contribution in [-0.2, 0) is 26.2 Å². The third kappa shape index (κ3) is 14.2. The van der Waals surface area contributed by atoms with Gasteiger partial charge < -0.3 is 19.7 Å². The summed E-state index contributed by atoms with van der Waals surface area (Å²) in [4.78, 5) is 0. The van der Waals surface area contributed by atoms with Gasteiger partial charge in [-0.2, -0.15) is 12.2 Å². The average Bonchev–Trinajstić information content (AvgIpc) is 3.48. The molecule has 0 spiro atoms. The van der Waals surface area contributed by atoms with E-state index in [1.807, 2.05) is 24.3 Å². The van der Waals surface area contributed by atoms with Gasteiger partial charge in [0.2, 0.25) is 0 Å². The summed E-state index contributed by atoms with van der Waals surface area (Å²) < 4.78 is 9.72. The van der Waals surface area contributed by atoms with Crippen molar-refractivity contribution in [2.24, 2.45) is 0 Å². The number of ether oxygens (including phenoxy) is 2. The Kier molecular flexibility index (Phi) is 16.0. The summed E-state index contributed by atoms with van der Waals surface area (Å²) >= 11 is 0. The molecule has 0 saturated heterocycles. The molecule has 29 heavy (non-hydrogen) atoms. The first-order valence-corrected chi connectivity index (χ1v) is 8.75. The maximum Gasteiger partial charge on any atom is 2.00 e. The Bertz CT molecular complexity index is 673. The number of benzene rings is 2. The van der Waals surface area contributed by atoms with Crippen molar-refractivity contribution < 1.29 is 45.9 Å². The van der Waals surface area contributed by atoms with Crippen LogP contribution in [0, 0.1) is 12.2 Å². The number of aromatic hydroxyl groups is 2. The quantitative estimate of drug-likeness (QED) is 0.578. The van der Waals surface area contributed by atoms with Gasteiger partial charge in [-0.25, -0.2) is 24.3 Å². The molecule has 4 rings (SSSR count). The number of allylic oxidation sites excluding steroid dienone is 8. The Hall–Kier alpha value is -2.52. The van der Waals surface area contributed by atoms with E-state index in [-0.39, 0.29) is 37.7 Å². The minimum absolute atomic E-state index is 0. The summed E-state index contributed by atoms with van der Waals surface area (Å²) in [7, 11) is 3.18. The molecule has 2 aromatic carbocycles. The van der Waals surface area contributed by atoms with E-state index in [0.717, 1.165) is 24.3 Å². The van der Waals surface area contributed by atoms with Crippen LogP contribution in [0.5, 0.6) is 23.0 Å². The van der Waals surface area contributed by atoms with Gasteiger partial charge in [-0.3, -0.25) is 12.2 Å². The van der Waals surface area contributed by atoms with Crippen LogP contribution < -0.4 is 9.47 Å². The fraction of sp³-hybridized carbons (Fsp3) is 0.167. The van der Waals surface area contributed by atoms with Crippen LogP contribution in [0.4, 0.5) is 0 Å². The van der Waals surface area contributed by atoms with Gasteiger partial charge in [0.25, 0.3) is 0 Å². The standard InChI is InChI=1S/2C7H8O2.2C5H5.Zr/c2*1-9-7-4-2-6(8)3-5-7;2*1-2-4-5-3-1;/h2*2-5,8H,1H3;2*1-3H,4H2;/q;;2*-1;+2. The Balaban J connectivity index is 0.000000369. The van der Waals surface area contributed by atoms with Crippen molar-refractivity contribution in [1.29, 1.82) is 0 Å². The summed E-state index contributed by atoms with van der Waals surface area (Å²) in [5, 5.41) is 17.6. The van der Waals surface area contributed by atoms with Crippen molar-refractivity contribution in [2.45, 2.75) is 12.8 Å². The van der Waals surface area contributed by atoms with Crippen molar-refractivity contribution in [3.8, 4) is 23.0 Å². The molecular weight excluding hydrogens is 443 g/mol. The molecule has 0 bridgehead atoms. The van der Waals surface area contributed by atoms with Crippen molar-refractivity contribution in [2.75, 3.05) is 14.2 Å². The second-order valence-electron chi connectivity index (χ2n) is 5.40. The van der Waals surface area contributed by atoms with Gasteiger partial charge in [-0.15, -0.1) is 12.8 Å². The molecule has 0 heterocycles. The molecule has 150 valence electrons. The minimum Gasteiger partial charge on any atom is -0.508 e. The number of phenols is 2. The molecule has 2 aromatic rings. The molecular formula is C24H26O4Zr. The van der Waals surface area contributed by atoms with Crippen LogP contribution in [0.1, 0.15) is 12.8 Å². The Labute approximate surface area is 192 Å². The molecule has 0 radical (unpaired) electrons. The number of rotatable bonds is 2. The summed E-state index contributed by atoms with van der Waals surface area (Å²) in [6, 6.07) is 13.1. The van der Waals surface area contributed by atoms with E-state index in [9.17, 15) is 0 Å². The van der Waals surface area contributed by atoms with Crippen LogP contribution in [0.2, 0.25) is 0 Å². The molecule has 0 fully saturated rings. The van der Waals surface area contributed by atoms with Crippen LogP contribution >= 0.6 is 0 Å². The second kappa shape index (κ2) is 17.6. The molecule has 0 aromatic heterocycles. The summed E-state index contributed by atoms with van der Waals surface area (Å²) in [6.45, 7) is 0. The molecule has 4 nitrogen and oxygen atoms in total. The van der Waals surface area contributed by atoms with Crippen LogP contribution in [0.25, 0.3) is 0 Å². The van der Waals surface area contributed by atoms with Gasteiger partial charge in [0.15, 0.2) is 0 Å². The number of hydrogen-bond donors (Lipinski definition) is 2. The molecule has 2 N–H and O–H groups in total. The molecule has 2 aliphatic rings. The van der Waals surface area contributed by atoms with Gasteiger partial charge in [-0.1, -0.05) is 0 Å². The molecule has 0 atom stereocenters. The topological polar surface area (TPSA) is 58.9 Å². The van der Waals surface area contributed by atoms with Crippen LogP contribution in [0.3, 0.4) is 0 Å². The van der Waals surface area contributed by atoms with Crippen LogP contribution in [0.15, 0.2) is 85.0 Å². The summed E-state index contributed by atoms with van der Waals surface area (Å²) in [5.41, 5.74) is 0. The summed E-state index contributed by atoms with van der Waals surface area (Å²) in [6.07, 6.45) is 20.0. The Morgan fingerprint density at radius 1 is 0.655 bits per heavy atom. The fourth-order valence-electron chi connectivity index (χ4n) is 1.84. The molecule has 5 heteroatoms. The summed E-state index contributed by atoms with van der Waals surface area (Å²) in [5.74, 6) is 2.03. The van der Waals surface area contributed by atoms with E-state index in [0.29, 0.717) is 0 Å². The first kappa shape index (κ1) is 26.5. The van der Waals surface area contributed by atoms with Crippen molar-refractivity contribution in [3.63, 3.8) is 0 Å². The van der Waals surface area contributed by atoms with E-state index < -0.39 is 0 Å². The maximum atomic E-state index is 8.80. The third-order valence-electron chi connectivity index (χ3n) is 3.32. The molecule has 0 unspecified atom stereocenters. The van der Waals surface area contributed by atoms with Gasteiger partial charge in [-0.05, 0) is 48.5 Å². The smallest absolute Gasteiger partial charge is 0.508 e. The Morgan fingerprint density at radius 2 is 1.00 bits per heavy atom. The molecule has 0 aliphatic heterocycles. The van der Waals surface area contributed by atoms with E-state index in [2.05, 4.69) is 24.3 Å². The van der Waals surface area contributed by atoms with E-state index >= 15 is 0 Å². The largest absolute Gasteiger partial charge is 2.00 e. The van der Waals surface area contributed by atoms with Crippen LogP contribution in [-0.4, -0.2) is 24.4 Å². The Morgan fingerprint density at radius 3 is 1.17 bits per heavy atom. The minimum atomic E-state index is 0. The van der Waals surface area contributed by atoms with Gasteiger partial charge in [0.1, 0.15) is 23.0 Å². The second-order valence-corrected chi connectivity index (χ2v) is 5.40. The number of phenolic OH excluding ortho intramolecular Hbond substituents is 2. The zero-order chi connectivity index (χ0) is 20.5. The van der Waals surface area contributed by atoms with E-state index in [1.165, 1.54) is 0 Å². The molecule has 0 saturated carbocycles. The number of methoxy groups -OCH3 is 2. The monoisotopic (exact) mass is 468 g/mol. The van der Waals surface area contributed by atoms with Crippen molar-refractivity contribution >= 4 is 0 Å². The number of hydrogen-bond acceptors (Lipinski definition) is 4. The van der Waals surface area contributed by atoms with Gasteiger partial charge in [0.05, 0.1) is 14.2 Å².